The molecule has 2 N–H and O–H groups in total. The van der Waals surface area contributed by atoms with Gasteiger partial charge in [-0.15, -0.1) is 0 Å². The average Bonchev–Trinajstić information content (AvgIpc) is 2.66. The lowest BCUT2D eigenvalue weighted by molar-refractivity contribution is 0.732. The van der Waals surface area contributed by atoms with Crippen LogP contribution in [0.2, 0.25) is 0 Å². The number of halogens is 1. The third-order valence-corrected chi connectivity index (χ3v) is 3.17. The summed E-state index contributed by atoms with van der Waals surface area (Å²) in [7, 11) is 0. The first-order valence-corrected chi connectivity index (χ1v) is 6.41. The zero-order valence-corrected chi connectivity index (χ0v) is 11.6. The first-order chi connectivity index (χ1) is 8.08. The van der Waals surface area contributed by atoms with Crippen molar-refractivity contribution in [3.05, 3.63) is 46.5 Å². The highest BCUT2D eigenvalue weighted by atomic mass is 79.9. The quantitative estimate of drug-likeness (QED) is 0.946. The van der Waals surface area contributed by atoms with Crippen LogP contribution in [-0.4, -0.2) is 15.6 Å². The molecule has 2 aromatic rings. The largest absolute Gasteiger partial charge is 0.328 e. The molecule has 0 fully saturated rings. The Labute approximate surface area is 110 Å². The second-order valence-electron chi connectivity index (χ2n) is 4.30. The molecule has 0 aliphatic carbocycles. The van der Waals surface area contributed by atoms with E-state index in [1.807, 2.05) is 32.3 Å². The number of hydrogen-bond donors (Lipinski definition) is 1. The van der Waals surface area contributed by atoms with Gasteiger partial charge in [-0.1, -0.05) is 22.0 Å². The van der Waals surface area contributed by atoms with Gasteiger partial charge in [0.05, 0.1) is 5.69 Å². The molecule has 1 aromatic carbocycles. The maximum absolute atomic E-state index is 5.89. The summed E-state index contributed by atoms with van der Waals surface area (Å²) in [6, 6.07) is 6.42. The third kappa shape index (κ3) is 2.76. The summed E-state index contributed by atoms with van der Waals surface area (Å²) in [5, 5.41) is 0. The van der Waals surface area contributed by atoms with Gasteiger partial charge in [0.1, 0.15) is 5.82 Å². The second-order valence-corrected chi connectivity index (χ2v) is 5.21. The van der Waals surface area contributed by atoms with E-state index in [4.69, 9.17) is 5.73 Å². The van der Waals surface area contributed by atoms with Crippen molar-refractivity contribution in [1.82, 2.24) is 9.55 Å². The van der Waals surface area contributed by atoms with E-state index in [0.29, 0.717) is 0 Å². The number of imidazole rings is 1. The lowest BCUT2D eigenvalue weighted by Crippen LogP contribution is -2.19. The lowest BCUT2D eigenvalue weighted by atomic mass is 10.1. The van der Waals surface area contributed by atoms with Crippen molar-refractivity contribution >= 4 is 15.9 Å². The zero-order valence-electron chi connectivity index (χ0n) is 10.0. The van der Waals surface area contributed by atoms with Gasteiger partial charge in [0.25, 0.3) is 0 Å². The first kappa shape index (κ1) is 12.3. The summed E-state index contributed by atoms with van der Waals surface area (Å²) in [6.07, 6.45) is 4.65. The number of nitrogens with zero attached hydrogens (tertiary/aromatic N) is 2. The molecule has 0 amide bonds. The van der Waals surface area contributed by atoms with Crippen molar-refractivity contribution in [2.75, 3.05) is 0 Å². The first-order valence-electron chi connectivity index (χ1n) is 5.62. The van der Waals surface area contributed by atoms with Crippen LogP contribution in [0.5, 0.6) is 0 Å². The summed E-state index contributed by atoms with van der Waals surface area (Å²) < 4.78 is 3.15. The molecular weight excluding hydrogens is 278 g/mol. The molecule has 17 heavy (non-hydrogen) atoms. The molecule has 0 aliphatic heterocycles. The predicted molar refractivity (Wildman–Crippen MR) is 73.4 cm³/mol. The Morgan fingerprint density at radius 3 is 2.82 bits per heavy atom. The lowest BCUT2D eigenvalue weighted by Gasteiger charge is -2.14. The minimum absolute atomic E-state index is 0.152. The molecule has 1 heterocycles. The van der Waals surface area contributed by atoms with Crippen LogP contribution in [-0.2, 0) is 6.42 Å². The molecule has 4 heteroatoms. The summed E-state index contributed by atoms with van der Waals surface area (Å²) >= 11 is 3.51. The Hall–Kier alpha value is -1.13. The van der Waals surface area contributed by atoms with Crippen LogP contribution < -0.4 is 5.73 Å². The number of nitrogens with two attached hydrogens (primary N) is 1. The van der Waals surface area contributed by atoms with E-state index >= 15 is 0 Å². The van der Waals surface area contributed by atoms with Gasteiger partial charge in [0.15, 0.2) is 0 Å². The molecule has 3 nitrogen and oxygen atoms in total. The minimum atomic E-state index is 0.152. The molecule has 1 aromatic heterocycles. The van der Waals surface area contributed by atoms with Gasteiger partial charge in [0, 0.05) is 22.9 Å². The number of rotatable bonds is 3. The van der Waals surface area contributed by atoms with Gasteiger partial charge in [-0.05, 0) is 38.0 Å². The smallest absolute Gasteiger partial charge is 0.110 e. The summed E-state index contributed by atoms with van der Waals surface area (Å²) in [5.41, 5.74) is 8.27. The van der Waals surface area contributed by atoms with Crippen LogP contribution in [0.3, 0.4) is 0 Å². The van der Waals surface area contributed by atoms with E-state index in [2.05, 4.69) is 37.6 Å². The van der Waals surface area contributed by atoms with Gasteiger partial charge >= 0.3 is 0 Å². The number of aryl methyl sites for hydroxylation is 1. The zero-order chi connectivity index (χ0) is 12.4. The fourth-order valence-electron chi connectivity index (χ4n) is 1.91. The summed E-state index contributed by atoms with van der Waals surface area (Å²) in [5.74, 6) is 0.981. The average molecular weight is 294 g/mol. The van der Waals surface area contributed by atoms with Crippen LogP contribution in [0.4, 0.5) is 0 Å². The minimum Gasteiger partial charge on any atom is -0.328 e. The van der Waals surface area contributed by atoms with Crippen LogP contribution in [0.1, 0.15) is 18.3 Å². The Bertz CT molecular complexity index is 517. The number of hydrogen-bond acceptors (Lipinski definition) is 2. The fraction of sp³-hybridized carbons (Fsp3) is 0.308. The topological polar surface area (TPSA) is 43.8 Å². The molecule has 90 valence electrons. The van der Waals surface area contributed by atoms with Crippen molar-refractivity contribution in [1.29, 1.82) is 0 Å². The Balaban J connectivity index is 2.51. The van der Waals surface area contributed by atoms with Crippen molar-refractivity contribution in [2.45, 2.75) is 26.3 Å². The second kappa shape index (κ2) is 5.02. The van der Waals surface area contributed by atoms with Crippen LogP contribution in [0.15, 0.2) is 35.1 Å². The van der Waals surface area contributed by atoms with E-state index in [0.717, 1.165) is 22.4 Å². The van der Waals surface area contributed by atoms with E-state index < -0.39 is 0 Å². The van der Waals surface area contributed by atoms with E-state index in [9.17, 15) is 0 Å². The summed E-state index contributed by atoms with van der Waals surface area (Å²) in [6.45, 7) is 4.02. The highest BCUT2D eigenvalue weighted by molar-refractivity contribution is 9.10. The molecule has 0 aliphatic rings. The maximum Gasteiger partial charge on any atom is 0.110 e. The third-order valence-electron chi connectivity index (χ3n) is 2.67. The predicted octanol–water partition coefficient (Wildman–Crippen LogP) is 2.83. The molecule has 0 bridgehead atoms. The van der Waals surface area contributed by atoms with Gasteiger partial charge in [0.2, 0.25) is 0 Å². The van der Waals surface area contributed by atoms with Crippen molar-refractivity contribution < 1.29 is 0 Å². The maximum atomic E-state index is 5.89. The van der Waals surface area contributed by atoms with E-state index in [-0.39, 0.29) is 6.04 Å². The molecule has 0 saturated heterocycles. The van der Waals surface area contributed by atoms with Gasteiger partial charge in [-0.2, -0.15) is 0 Å². The van der Waals surface area contributed by atoms with Crippen molar-refractivity contribution in [2.24, 2.45) is 5.73 Å². The fourth-order valence-corrected chi connectivity index (χ4v) is 2.26. The molecule has 0 saturated carbocycles. The Morgan fingerprint density at radius 1 is 1.47 bits per heavy atom. The molecule has 1 atom stereocenters. The standard InChI is InChI=1S/C13H16BrN3/c1-9(15)7-11-3-4-12(14)8-13(11)17-6-5-16-10(17)2/h3-6,8-9H,7,15H2,1-2H3. The Morgan fingerprint density at radius 2 is 2.24 bits per heavy atom. The highest BCUT2D eigenvalue weighted by Crippen LogP contribution is 2.22. The monoisotopic (exact) mass is 293 g/mol. The van der Waals surface area contributed by atoms with Crippen LogP contribution >= 0.6 is 15.9 Å². The van der Waals surface area contributed by atoms with Crippen molar-refractivity contribution in [3.63, 3.8) is 0 Å². The van der Waals surface area contributed by atoms with Gasteiger partial charge in [-0.25, -0.2) is 4.98 Å². The van der Waals surface area contributed by atoms with Crippen LogP contribution in [0.25, 0.3) is 5.69 Å². The number of benzene rings is 1. The Kier molecular flexibility index (Phi) is 3.64. The number of aromatic nitrogens is 2. The van der Waals surface area contributed by atoms with Crippen LogP contribution in [0, 0.1) is 6.92 Å². The highest BCUT2D eigenvalue weighted by Gasteiger charge is 2.09. The molecule has 2 rings (SSSR count). The summed E-state index contributed by atoms with van der Waals surface area (Å²) in [4.78, 5) is 4.26. The SMILES string of the molecule is Cc1nccn1-c1cc(Br)ccc1CC(C)N. The van der Waals surface area contributed by atoms with Gasteiger partial charge in [-0.3, -0.25) is 0 Å². The molecule has 1 unspecified atom stereocenters. The normalized spacial score (nSPS) is 12.7. The molecule has 0 radical (unpaired) electrons. The van der Waals surface area contributed by atoms with Gasteiger partial charge < -0.3 is 10.3 Å². The molecule has 0 spiro atoms. The molecular formula is C13H16BrN3. The van der Waals surface area contributed by atoms with E-state index in [1.54, 1.807) is 0 Å². The van der Waals surface area contributed by atoms with Crippen molar-refractivity contribution in [3.8, 4) is 5.69 Å². The van der Waals surface area contributed by atoms with E-state index in [1.165, 1.54) is 5.56 Å².